The molecule has 0 saturated heterocycles. The molecule has 19 heavy (non-hydrogen) atoms. The third-order valence-electron chi connectivity index (χ3n) is 2.69. The summed E-state index contributed by atoms with van der Waals surface area (Å²) < 4.78 is 32.0. The molecule has 0 amide bonds. The van der Waals surface area contributed by atoms with E-state index in [1.54, 1.807) is 19.1 Å². The zero-order chi connectivity index (χ0) is 14.2. The maximum atomic E-state index is 12.5. The molecule has 2 rings (SSSR count). The predicted octanol–water partition coefficient (Wildman–Crippen LogP) is 2.51. The minimum absolute atomic E-state index is 0.102. The maximum Gasteiger partial charge on any atom is 0.272 e. The normalized spacial score (nSPS) is 11.6. The van der Waals surface area contributed by atoms with E-state index in [1.165, 1.54) is 19.6 Å². The van der Waals surface area contributed by atoms with Gasteiger partial charge in [-0.1, -0.05) is 15.9 Å². The molecule has 0 radical (unpaired) electrons. The summed E-state index contributed by atoms with van der Waals surface area (Å²) in [5.74, 6) is 0.312. The van der Waals surface area contributed by atoms with Crippen molar-refractivity contribution in [3.8, 4) is 5.75 Å². The highest BCUT2D eigenvalue weighted by Gasteiger charge is 2.23. The molecule has 7 heteroatoms. The lowest BCUT2D eigenvalue weighted by Gasteiger charge is -2.12. The number of rotatable bonds is 3. The number of ether oxygens (including phenoxy) is 1. The van der Waals surface area contributed by atoms with Gasteiger partial charge in [-0.3, -0.25) is 0 Å². The van der Waals surface area contributed by atoms with E-state index in [2.05, 4.69) is 20.9 Å². The van der Waals surface area contributed by atoms with E-state index in [0.717, 1.165) is 9.54 Å². The van der Waals surface area contributed by atoms with Gasteiger partial charge in [0.25, 0.3) is 10.0 Å². The first-order valence-corrected chi connectivity index (χ1v) is 7.70. The summed E-state index contributed by atoms with van der Waals surface area (Å²) in [4.78, 5) is 4.04. The molecule has 0 atom stereocenters. The topological polar surface area (TPSA) is 61.2 Å². The molecule has 0 unspecified atom stereocenters. The standard InChI is InChI=1S/C12H13BrN2O3S/c1-8-4-11(18-3)12(5-10(8)13)19(16,17)15-6-9(2)14-7-15/h4-7H,1-3H3. The SMILES string of the molecule is COc1cc(C)c(Br)cc1S(=O)(=O)n1cnc(C)c1. The Balaban J connectivity index is 2.67. The molecule has 1 aromatic carbocycles. The van der Waals surface area contributed by atoms with Crippen molar-refractivity contribution in [2.45, 2.75) is 18.7 Å². The largest absolute Gasteiger partial charge is 0.495 e. The van der Waals surface area contributed by atoms with Crippen LogP contribution in [0.1, 0.15) is 11.3 Å². The molecule has 2 aromatic rings. The summed E-state index contributed by atoms with van der Waals surface area (Å²) >= 11 is 3.33. The van der Waals surface area contributed by atoms with Crippen molar-refractivity contribution in [3.63, 3.8) is 0 Å². The fourth-order valence-electron chi connectivity index (χ4n) is 1.64. The molecule has 0 N–H and O–H groups in total. The van der Waals surface area contributed by atoms with Gasteiger partial charge in [-0.15, -0.1) is 0 Å². The monoisotopic (exact) mass is 344 g/mol. The van der Waals surface area contributed by atoms with Crippen molar-refractivity contribution in [3.05, 3.63) is 40.4 Å². The van der Waals surface area contributed by atoms with Crippen molar-refractivity contribution in [1.82, 2.24) is 8.96 Å². The lowest BCUT2D eigenvalue weighted by molar-refractivity contribution is 0.402. The quantitative estimate of drug-likeness (QED) is 0.858. The smallest absolute Gasteiger partial charge is 0.272 e. The number of hydrogen-bond acceptors (Lipinski definition) is 4. The van der Waals surface area contributed by atoms with Crippen molar-refractivity contribution in [2.75, 3.05) is 7.11 Å². The summed E-state index contributed by atoms with van der Waals surface area (Å²) in [6.45, 7) is 3.60. The van der Waals surface area contributed by atoms with Gasteiger partial charge >= 0.3 is 0 Å². The summed E-state index contributed by atoms with van der Waals surface area (Å²) in [6.07, 6.45) is 2.74. The van der Waals surface area contributed by atoms with Gasteiger partial charge in [-0.2, -0.15) is 0 Å². The predicted molar refractivity (Wildman–Crippen MR) is 75.0 cm³/mol. The van der Waals surface area contributed by atoms with Gasteiger partial charge < -0.3 is 4.74 Å². The van der Waals surface area contributed by atoms with E-state index in [9.17, 15) is 8.42 Å². The zero-order valence-corrected chi connectivity index (χ0v) is 13.1. The van der Waals surface area contributed by atoms with Crippen LogP contribution in [0.25, 0.3) is 0 Å². The van der Waals surface area contributed by atoms with Crippen LogP contribution in [-0.2, 0) is 10.0 Å². The highest BCUT2D eigenvalue weighted by molar-refractivity contribution is 9.10. The molecule has 0 aliphatic rings. The first-order valence-electron chi connectivity index (χ1n) is 5.46. The molecular formula is C12H13BrN2O3S. The van der Waals surface area contributed by atoms with Gasteiger partial charge in [-0.25, -0.2) is 17.4 Å². The summed E-state index contributed by atoms with van der Waals surface area (Å²) in [5, 5.41) is 0. The number of aromatic nitrogens is 2. The average Bonchev–Trinajstić information content (AvgIpc) is 2.79. The van der Waals surface area contributed by atoms with Gasteiger partial charge in [0.05, 0.1) is 12.8 Å². The minimum atomic E-state index is -3.70. The van der Waals surface area contributed by atoms with E-state index in [-0.39, 0.29) is 4.90 Å². The molecule has 0 saturated carbocycles. The number of methoxy groups -OCH3 is 1. The molecule has 0 spiro atoms. The van der Waals surface area contributed by atoms with Gasteiger partial charge in [0.1, 0.15) is 17.0 Å². The van der Waals surface area contributed by atoms with Crippen LogP contribution in [-0.4, -0.2) is 24.5 Å². The fraction of sp³-hybridized carbons (Fsp3) is 0.250. The number of nitrogens with zero attached hydrogens (tertiary/aromatic N) is 2. The van der Waals surface area contributed by atoms with E-state index in [0.29, 0.717) is 15.9 Å². The highest BCUT2D eigenvalue weighted by Crippen LogP contribution is 2.31. The summed E-state index contributed by atoms with van der Waals surface area (Å²) in [7, 11) is -2.26. The Hall–Kier alpha value is -1.34. The van der Waals surface area contributed by atoms with Gasteiger partial charge in [0.15, 0.2) is 0 Å². The molecule has 0 aliphatic carbocycles. The second-order valence-electron chi connectivity index (χ2n) is 4.10. The summed E-state index contributed by atoms with van der Waals surface area (Å²) in [6, 6.07) is 3.22. The Morgan fingerprint density at radius 3 is 2.53 bits per heavy atom. The minimum Gasteiger partial charge on any atom is -0.495 e. The van der Waals surface area contributed by atoms with E-state index >= 15 is 0 Å². The number of halogens is 1. The molecule has 102 valence electrons. The Bertz CT molecular complexity index is 723. The van der Waals surface area contributed by atoms with Crippen LogP contribution in [0.5, 0.6) is 5.75 Å². The van der Waals surface area contributed by atoms with Gasteiger partial charge in [0.2, 0.25) is 0 Å². The molecule has 0 fully saturated rings. The number of aryl methyl sites for hydroxylation is 2. The second-order valence-corrected chi connectivity index (χ2v) is 6.77. The van der Waals surface area contributed by atoms with Crippen LogP contribution in [0.15, 0.2) is 34.0 Å². The van der Waals surface area contributed by atoms with Gasteiger partial charge in [0, 0.05) is 10.7 Å². The van der Waals surface area contributed by atoms with Crippen LogP contribution < -0.4 is 4.74 Å². The van der Waals surface area contributed by atoms with E-state index in [1.807, 2.05) is 6.92 Å². The van der Waals surface area contributed by atoms with Crippen LogP contribution in [0.4, 0.5) is 0 Å². The van der Waals surface area contributed by atoms with Crippen molar-refractivity contribution in [1.29, 1.82) is 0 Å². The highest BCUT2D eigenvalue weighted by atomic mass is 79.9. The van der Waals surface area contributed by atoms with Crippen LogP contribution in [0.3, 0.4) is 0 Å². The van der Waals surface area contributed by atoms with Crippen LogP contribution >= 0.6 is 15.9 Å². The Morgan fingerprint density at radius 2 is 2.00 bits per heavy atom. The zero-order valence-electron chi connectivity index (χ0n) is 10.7. The first kappa shape index (κ1) is 14.1. The lowest BCUT2D eigenvalue weighted by Crippen LogP contribution is -2.12. The second kappa shape index (κ2) is 4.97. The third-order valence-corrected chi connectivity index (χ3v) is 5.17. The molecule has 1 aromatic heterocycles. The molecule has 5 nitrogen and oxygen atoms in total. The Labute approximate surface area is 120 Å². The molecular weight excluding hydrogens is 332 g/mol. The van der Waals surface area contributed by atoms with Crippen LogP contribution in [0, 0.1) is 13.8 Å². The van der Waals surface area contributed by atoms with Crippen LogP contribution in [0.2, 0.25) is 0 Å². The Kier molecular flexibility index (Phi) is 3.69. The first-order chi connectivity index (χ1) is 8.86. The van der Waals surface area contributed by atoms with E-state index < -0.39 is 10.0 Å². The Morgan fingerprint density at radius 1 is 1.32 bits per heavy atom. The molecule has 0 aliphatic heterocycles. The molecule has 1 heterocycles. The van der Waals surface area contributed by atoms with Gasteiger partial charge in [-0.05, 0) is 31.5 Å². The van der Waals surface area contributed by atoms with E-state index in [4.69, 9.17) is 4.74 Å². The lowest BCUT2D eigenvalue weighted by atomic mass is 10.2. The average molecular weight is 345 g/mol. The summed E-state index contributed by atoms with van der Waals surface area (Å²) in [5.41, 5.74) is 1.53. The van der Waals surface area contributed by atoms with Crippen molar-refractivity contribution >= 4 is 26.0 Å². The number of benzene rings is 1. The maximum absolute atomic E-state index is 12.5. The number of imidazole rings is 1. The third kappa shape index (κ3) is 2.52. The van der Waals surface area contributed by atoms with Crippen molar-refractivity contribution in [2.24, 2.45) is 0 Å². The fourth-order valence-corrected chi connectivity index (χ4v) is 3.49. The molecule has 0 bridgehead atoms. The van der Waals surface area contributed by atoms with Crippen molar-refractivity contribution < 1.29 is 13.2 Å². The number of hydrogen-bond donors (Lipinski definition) is 0.